The van der Waals surface area contributed by atoms with Crippen LogP contribution in [-0.2, 0) is 16.4 Å². The SMILES string of the molecule is CCNCC1CCN(C(=O)c2cccc(CN3CCS(=O)(=O)CC3)c2)CC1. The number of carbonyl (C=O) groups excluding carboxylic acids is 1. The summed E-state index contributed by atoms with van der Waals surface area (Å²) in [6, 6.07) is 7.80. The van der Waals surface area contributed by atoms with Crippen LogP contribution in [-0.4, -0.2) is 74.9 Å². The third kappa shape index (κ3) is 5.77. The number of nitrogens with one attached hydrogen (secondary N) is 1. The molecule has 2 heterocycles. The second-order valence-corrected chi connectivity index (χ2v) is 9.98. The van der Waals surface area contributed by atoms with Gasteiger partial charge >= 0.3 is 0 Å². The van der Waals surface area contributed by atoms with Crippen molar-refractivity contribution in [1.82, 2.24) is 15.1 Å². The molecular weight excluding hydrogens is 362 g/mol. The molecule has 0 spiro atoms. The topological polar surface area (TPSA) is 69.7 Å². The van der Waals surface area contributed by atoms with Crippen molar-refractivity contribution in [2.75, 3.05) is 50.8 Å². The number of benzene rings is 1. The fraction of sp³-hybridized carbons (Fsp3) is 0.650. The predicted octanol–water partition coefficient (Wildman–Crippen LogP) is 1.38. The molecule has 2 fully saturated rings. The number of hydrogen-bond acceptors (Lipinski definition) is 5. The van der Waals surface area contributed by atoms with Crippen LogP contribution in [0.2, 0.25) is 0 Å². The molecule has 0 bridgehead atoms. The Hall–Kier alpha value is -1.44. The molecule has 0 unspecified atom stereocenters. The van der Waals surface area contributed by atoms with E-state index in [-0.39, 0.29) is 17.4 Å². The van der Waals surface area contributed by atoms with Gasteiger partial charge in [0.2, 0.25) is 0 Å². The summed E-state index contributed by atoms with van der Waals surface area (Å²) >= 11 is 0. The van der Waals surface area contributed by atoms with E-state index in [0.717, 1.165) is 50.1 Å². The molecule has 1 N–H and O–H groups in total. The second kappa shape index (κ2) is 9.17. The Morgan fingerprint density at radius 1 is 1.15 bits per heavy atom. The van der Waals surface area contributed by atoms with Gasteiger partial charge in [-0.15, -0.1) is 0 Å². The predicted molar refractivity (Wildman–Crippen MR) is 108 cm³/mol. The van der Waals surface area contributed by atoms with Crippen molar-refractivity contribution >= 4 is 15.7 Å². The summed E-state index contributed by atoms with van der Waals surface area (Å²) in [7, 11) is -2.86. The number of sulfone groups is 1. The van der Waals surface area contributed by atoms with E-state index in [0.29, 0.717) is 25.6 Å². The minimum atomic E-state index is -2.86. The maximum atomic E-state index is 12.9. The van der Waals surface area contributed by atoms with Crippen LogP contribution in [0, 0.1) is 5.92 Å². The molecule has 0 radical (unpaired) electrons. The minimum absolute atomic E-state index is 0.111. The third-order valence-corrected chi connectivity index (χ3v) is 7.21. The van der Waals surface area contributed by atoms with Gasteiger partial charge in [0, 0.05) is 38.3 Å². The highest BCUT2D eigenvalue weighted by molar-refractivity contribution is 7.91. The first kappa shape index (κ1) is 20.3. The van der Waals surface area contributed by atoms with Crippen LogP contribution in [0.25, 0.3) is 0 Å². The van der Waals surface area contributed by atoms with E-state index in [1.165, 1.54) is 0 Å². The first-order valence-corrected chi connectivity index (χ1v) is 11.8. The third-order valence-electron chi connectivity index (χ3n) is 5.60. The van der Waals surface area contributed by atoms with Gasteiger partial charge < -0.3 is 10.2 Å². The number of likely N-dealkylation sites (tertiary alicyclic amines) is 1. The lowest BCUT2D eigenvalue weighted by Gasteiger charge is -2.32. The first-order valence-electron chi connectivity index (χ1n) is 9.98. The van der Waals surface area contributed by atoms with Crippen molar-refractivity contribution in [3.8, 4) is 0 Å². The van der Waals surface area contributed by atoms with Crippen LogP contribution < -0.4 is 5.32 Å². The fourth-order valence-corrected chi connectivity index (χ4v) is 5.12. The maximum absolute atomic E-state index is 12.9. The van der Waals surface area contributed by atoms with E-state index in [1.54, 1.807) is 0 Å². The van der Waals surface area contributed by atoms with Gasteiger partial charge in [-0.2, -0.15) is 0 Å². The molecule has 2 aliphatic heterocycles. The Morgan fingerprint density at radius 3 is 2.52 bits per heavy atom. The van der Waals surface area contributed by atoms with Crippen molar-refractivity contribution < 1.29 is 13.2 Å². The highest BCUT2D eigenvalue weighted by Gasteiger charge is 2.24. The molecule has 3 rings (SSSR count). The number of nitrogens with zero attached hydrogens (tertiary/aromatic N) is 2. The zero-order valence-corrected chi connectivity index (χ0v) is 17.0. The van der Waals surface area contributed by atoms with Crippen LogP contribution in [0.5, 0.6) is 0 Å². The Bertz CT molecular complexity index is 729. The van der Waals surface area contributed by atoms with Crippen molar-refractivity contribution in [2.24, 2.45) is 5.92 Å². The van der Waals surface area contributed by atoms with E-state index in [4.69, 9.17) is 0 Å². The zero-order valence-electron chi connectivity index (χ0n) is 16.2. The largest absolute Gasteiger partial charge is 0.339 e. The number of carbonyl (C=O) groups is 1. The van der Waals surface area contributed by atoms with E-state index < -0.39 is 9.84 Å². The summed E-state index contributed by atoms with van der Waals surface area (Å²) in [5.41, 5.74) is 1.81. The molecule has 0 atom stereocenters. The van der Waals surface area contributed by atoms with Gasteiger partial charge in [0.05, 0.1) is 11.5 Å². The molecule has 0 aromatic heterocycles. The lowest BCUT2D eigenvalue weighted by molar-refractivity contribution is 0.0690. The molecule has 2 saturated heterocycles. The van der Waals surface area contributed by atoms with Gasteiger partial charge in [-0.1, -0.05) is 19.1 Å². The highest BCUT2D eigenvalue weighted by atomic mass is 32.2. The normalized spacial score (nSPS) is 21.3. The van der Waals surface area contributed by atoms with Gasteiger partial charge in [0.25, 0.3) is 5.91 Å². The van der Waals surface area contributed by atoms with Gasteiger partial charge in [-0.05, 0) is 49.5 Å². The Labute approximate surface area is 162 Å². The highest BCUT2D eigenvalue weighted by Crippen LogP contribution is 2.19. The Kier molecular flexibility index (Phi) is 6.89. The smallest absolute Gasteiger partial charge is 0.253 e. The van der Waals surface area contributed by atoms with Crippen LogP contribution >= 0.6 is 0 Å². The molecule has 6 nitrogen and oxygen atoms in total. The molecule has 0 aliphatic carbocycles. The molecule has 1 aromatic rings. The maximum Gasteiger partial charge on any atom is 0.253 e. The fourth-order valence-electron chi connectivity index (χ4n) is 3.84. The summed E-state index contributed by atoms with van der Waals surface area (Å²) in [4.78, 5) is 17.0. The number of hydrogen-bond donors (Lipinski definition) is 1. The molecule has 7 heteroatoms. The zero-order chi connectivity index (χ0) is 19.3. The average Bonchev–Trinajstić information content (AvgIpc) is 2.68. The van der Waals surface area contributed by atoms with Crippen LogP contribution in [0.4, 0.5) is 0 Å². The van der Waals surface area contributed by atoms with E-state index in [2.05, 4.69) is 17.1 Å². The lowest BCUT2D eigenvalue weighted by atomic mass is 9.96. The van der Waals surface area contributed by atoms with E-state index in [1.807, 2.05) is 29.2 Å². The molecular formula is C20H31N3O3S. The minimum Gasteiger partial charge on any atom is -0.339 e. The lowest BCUT2D eigenvalue weighted by Crippen LogP contribution is -2.41. The summed E-state index contributed by atoms with van der Waals surface area (Å²) in [5, 5.41) is 3.40. The molecule has 1 amide bonds. The quantitative estimate of drug-likeness (QED) is 0.791. The van der Waals surface area contributed by atoms with E-state index in [9.17, 15) is 13.2 Å². The number of rotatable bonds is 6. The van der Waals surface area contributed by atoms with Crippen molar-refractivity contribution in [2.45, 2.75) is 26.3 Å². The summed E-state index contributed by atoms with van der Waals surface area (Å²) in [6.45, 7) is 7.64. The molecule has 2 aliphatic rings. The standard InChI is InChI=1S/C20H31N3O3S/c1-2-21-15-17-6-8-23(9-7-17)20(24)19-5-3-4-18(14-19)16-22-10-12-27(25,26)13-11-22/h3-5,14,17,21H,2,6-13,15-16H2,1H3. The van der Waals surface area contributed by atoms with Crippen molar-refractivity contribution in [3.05, 3.63) is 35.4 Å². The Morgan fingerprint density at radius 2 is 1.85 bits per heavy atom. The monoisotopic (exact) mass is 393 g/mol. The van der Waals surface area contributed by atoms with Gasteiger partial charge in [0.1, 0.15) is 0 Å². The van der Waals surface area contributed by atoms with E-state index >= 15 is 0 Å². The van der Waals surface area contributed by atoms with Crippen LogP contribution in [0.1, 0.15) is 35.7 Å². The van der Waals surface area contributed by atoms with Crippen LogP contribution in [0.15, 0.2) is 24.3 Å². The summed E-state index contributed by atoms with van der Waals surface area (Å²) in [5.74, 6) is 1.23. The summed E-state index contributed by atoms with van der Waals surface area (Å²) in [6.07, 6.45) is 2.11. The molecule has 27 heavy (non-hydrogen) atoms. The van der Waals surface area contributed by atoms with Gasteiger partial charge in [-0.3, -0.25) is 9.69 Å². The van der Waals surface area contributed by atoms with Gasteiger partial charge in [0.15, 0.2) is 9.84 Å². The first-order chi connectivity index (χ1) is 13.0. The second-order valence-electron chi connectivity index (χ2n) is 7.67. The average molecular weight is 394 g/mol. The van der Waals surface area contributed by atoms with Crippen molar-refractivity contribution in [1.29, 1.82) is 0 Å². The molecule has 0 saturated carbocycles. The molecule has 150 valence electrons. The molecule has 1 aromatic carbocycles. The summed E-state index contributed by atoms with van der Waals surface area (Å²) < 4.78 is 23.1. The van der Waals surface area contributed by atoms with Crippen molar-refractivity contribution in [3.63, 3.8) is 0 Å². The van der Waals surface area contributed by atoms with Crippen LogP contribution in [0.3, 0.4) is 0 Å². The number of piperidine rings is 1. The number of amides is 1. The Balaban J connectivity index is 1.55. The van der Waals surface area contributed by atoms with Gasteiger partial charge in [-0.25, -0.2) is 8.42 Å².